The van der Waals surface area contributed by atoms with Crippen LogP contribution in [0.3, 0.4) is 0 Å². The molecule has 0 aliphatic heterocycles. The van der Waals surface area contributed by atoms with Crippen LogP contribution in [0.15, 0.2) is 24.5 Å². The number of pyridine rings is 1. The highest BCUT2D eigenvalue weighted by Gasteiger charge is 2.37. The minimum atomic E-state index is -4.66. The predicted octanol–water partition coefficient (Wildman–Crippen LogP) is 2.34. The second-order valence-corrected chi connectivity index (χ2v) is 5.37. The zero-order valence-corrected chi connectivity index (χ0v) is 13.3. The number of aryl methyl sites for hydroxylation is 2. The fourth-order valence-corrected chi connectivity index (χ4v) is 2.39. The molecule has 1 N–H and O–H groups in total. The van der Waals surface area contributed by atoms with Gasteiger partial charge in [0.1, 0.15) is 0 Å². The third-order valence-electron chi connectivity index (χ3n) is 3.60. The second-order valence-electron chi connectivity index (χ2n) is 5.37. The van der Waals surface area contributed by atoms with Crippen molar-refractivity contribution in [1.82, 2.24) is 24.6 Å². The van der Waals surface area contributed by atoms with E-state index in [-0.39, 0.29) is 18.1 Å². The van der Waals surface area contributed by atoms with Crippen LogP contribution < -0.4 is 5.32 Å². The minimum Gasteiger partial charge on any atom is -0.326 e. The maximum absolute atomic E-state index is 12.8. The van der Waals surface area contributed by atoms with Crippen LogP contribution in [0.25, 0.3) is 5.78 Å². The molecular formula is C15H13F3N6O. The van der Waals surface area contributed by atoms with Crippen LogP contribution in [0.4, 0.5) is 18.9 Å². The van der Waals surface area contributed by atoms with Gasteiger partial charge in [0.2, 0.25) is 5.91 Å². The van der Waals surface area contributed by atoms with Crippen LogP contribution in [0.2, 0.25) is 0 Å². The van der Waals surface area contributed by atoms with Gasteiger partial charge in [-0.25, -0.2) is 9.50 Å². The summed E-state index contributed by atoms with van der Waals surface area (Å²) < 4.78 is 39.3. The number of carbonyl (C=O) groups is 1. The van der Waals surface area contributed by atoms with Gasteiger partial charge >= 0.3 is 6.18 Å². The Bertz CT molecular complexity index is 936. The minimum absolute atomic E-state index is 0.0514. The molecule has 130 valence electrons. The lowest BCUT2D eigenvalue weighted by atomic mass is 10.1. The molecule has 10 heteroatoms. The summed E-state index contributed by atoms with van der Waals surface area (Å²) in [4.78, 5) is 23.5. The quantitative estimate of drug-likeness (QED) is 0.784. The Kier molecular flexibility index (Phi) is 4.11. The maximum Gasteiger partial charge on any atom is 0.453 e. The molecule has 0 atom stereocenters. The topological polar surface area (TPSA) is 85.1 Å². The van der Waals surface area contributed by atoms with Gasteiger partial charge in [0.25, 0.3) is 11.6 Å². The van der Waals surface area contributed by atoms with E-state index >= 15 is 0 Å². The molecule has 0 unspecified atom stereocenters. The summed E-state index contributed by atoms with van der Waals surface area (Å²) in [6, 6.07) is 3.26. The number of halogens is 3. The normalized spacial score (nSPS) is 11.7. The molecule has 0 fully saturated rings. The Morgan fingerprint density at radius 1 is 1.20 bits per heavy atom. The average Bonchev–Trinajstić information content (AvgIpc) is 2.97. The average molecular weight is 350 g/mol. The molecule has 3 aromatic rings. The van der Waals surface area contributed by atoms with Gasteiger partial charge in [0, 0.05) is 35.0 Å². The van der Waals surface area contributed by atoms with Crippen LogP contribution >= 0.6 is 0 Å². The standard InChI is InChI=1S/C15H13F3N6O/c1-8-11(7-12(25)21-10-3-5-19-6-4-10)9(2)24-14(20-8)22-13(23-24)15(16,17)18/h3-6H,7H2,1-2H3,(H,19,21,25). The molecule has 0 aliphatic carbocycles. The van der Waals surface area contributed by atoms with Crippen molar-refractivity contribution < 1.29 is 18.0 Å². The summed E-state index contributed by atoms with van der Waals surface area (Å²) in [6.07, 6.45) is -1.64. The monoisotopic (exact) mass is 350 g/mol. The van der Waals surface area contributed by atoms with E-state index in [9.17, 15) is 18.0 Å². The van der Waals surface area contributed by atoms with Crippen molar-refractivity contribution in [2.45, 2.75) is 26.4 Å². The zero-order valence-electron chi connectivity index (χ0n) is 13.3. The van der Waals surface area contributed by atoms with E-state index in [0.717, 1.165) is 4.52 Å². The number of anilines is 1. The molecule has 7 nitrogen and oxygen atoms in total. The van der Waals surface area contributed by atoms with E-state index in [4.69, 9.17) is 0 Å². The number of rotatable bonds is 3. The number of carbonyl (C=O) groups excluding carboxylic acids is 1. The van der Waals surface area contributed by atoms with E-state index < -0.39 is 12.0 Å². The zero-order chi connectivity index (χ0) is 18.2. The molecule has 0 saturated carbocycles. The predicted molar refractivity (Wildman–Crippen MR) is 81.8 cm³/mol. The van der Waals surface area contributed by atoms with Gasteiger partial charge in [-0.15, -0.1) is 5.10 Å². The van der Waals surface area contributed by atoms with Crippen molar-refractivity contribution in [2.24, 2.45) is 0 Å². The van der Waals surface area contributed by atoms with Crippen LogP contribution in [-0.2, 0) is 17.4 Å². The van der Waals surface area contributed by atoms with Crippen LogP contribution in [0.5, 0.6) is 0 Å². The first-order chi connectivity index (χ1) is 11.8. The van der Waals surface area contributed by atoms with Crippen molar-refractivity contribution in [1.29, 1.82) is 0 Å². The Labute approximate surface area is 139 Å². The molecular weight excluding hydrogens is 337 g/mol. The van der Waals surface area contributed by atoms with Crippen LogP contribution in [0, 0.1) is 13.8 Å². The highest BCUT2D eigenvalue weighted by Crippen LogP contribution is 2.27. The highest BCUT2D eigenvalue weighted by molar-refractivity contribution is 5.92. The third-order valence-corrected chi connectivity index (χ3v) is 3.60. The van der Waals surface area contributed by atoms with Gasteiger partial charge in [-0.05, 0) is 26.0 Å². The SMILES string of the molecule is Cc1nc2nc(C(F)(F)F)nn2c(C)c1CC(=O)Nc1ccncc1. The number of amides is 1. The summed E-state index contributed by atoms with van der Waals surface area (Å²) >= 11 is 0. The Morgan fingerprint density at radius 2 is 1.88 bits per heavy atom. The third kappa shape index (κ3) is 3.42. The molecule has 3 aromatic heterocycles. The van der Waals surface area contributed by atoms with E-state index in [1.807, 2.05) is 0 Å². The van der Waals surface area contributed by atoms with E-state index in [1.54, 1.807) is 26.0 Å². The maximum atomic E-state index is 12.8. The van der Waals surface area contributed by atoms with Crippen molar-refractivity contribution >= 4 is 17.4 Å². The highest BCUT2D eigenvalue weighted by atomic mass is 19.4. The molecule has 0 aliphatic rings. The fraction of sp³-hybridized carbons (Fsp3) is 0.267. The van der Waals surface area contributed by atoms with Crippen molar-refractivity contribution in [3.05, 3.63) is 47.3 Å². The fourth-order valence-electron chi connectivity index (χ4n) is 2.39. The van der Waals surface area contributed by atoms with Gasteiger partial charge < -0.3 is 5.32 Å². The molecule has 3 rings (SSSR count). The second kappa shape index (κ2) is 6.11. The summed E-state index contributed by atoms with van der Waals surface area (Å²) in [6.45, 7) is 3.19. The first kappa shape index (κ1) is 16.8. The number of alkyl halides is 3. The van der Waals surface area contributed by atoms with Gasteiger partial charge in [0.15, 0.2) is 0 Å². The summed E-state index contributed by atoms with van der Waals surface area (Å²) in [5.74, 6) is -1.74. The molecule has 0 aromatic carbocycles. The van der Waals surface area contributed by atoms with Crippen molar-refractivity contribution in [3.8, 4) is 0 Å². The summed E-state index contributed by atoms with van der Waals surface area (Å²) in [5, 5.41) is 6.15. The molecule has 1 amide bonds. The van der Waals surface area contributed by atoms with Gasteiger partial charge in [-0.3, -0.25) is 9.78 Å². The molecule has 25 heavy (non-hydrogen) atoms. The smallest absolute Gasteiger partial charge is 0.326 e. The molecule has 0 bridgehead atoms. The van der Waals surface area contributed by atoms with Gasteiger partial charge in [0.05, 0.1) is 6.42 Å². The number of hydrogen-bond donors (Lipinski definition) is 1. The Morgan fingerprint density at radius 3 is 2.52 bits per heavy atom. The van der Waals surface area contributed by atoms with E-state index in [1.165, 1.54) is 12.4 Å². The van der Waals surface area contributed by atoms with Crippen molar-refractivity contribution in [3.63, 3.8) is 0 Å². The number of nitrogens with one attached hydrogen (secondary N) is 1. The molecule has 0 saturated heterocycles. The number of fused-ring (bicyclic) bond motifs is 1. The number of nitrogens with zero attached hydrogens (tertiary/aromatic N) is 5. The van der Waals surface area contributed by atoms with E-state index in [0.29, 0.717) is 22.6 Å². The first-order valence-corrected chi connectivity index (χ1v) is 7.25. The largest absolute Gasteiger partial charge is 0.453 e. The lowest BCUT2D eigenvalue weighted by Gasteiger charge is -2.10. The molecule has 3 heterocycles. The van der Waals surface area contributed by atoms with Gasteiger partial charge in [-0.1, -0.05) is 0 Å². The first-order valence-electron chi connectivity index (χ1n) is 7.25. The van der Waals surface area contributed by atoms with Crippen LogP contribution in [0.1, 0.15) is 22.8 Å². The van der Waals surface area contributed by atoms with Gasteiger partial charge in [-0.2, -0.15) is 18.2 Å². The van der Waals surface area contributed by atoms with E-state index in [2.05, 4.69) is 25.4 Å². The Balaban J connectivity index is 1.92. The van der Waals surface area contributed by atoms with Crippen molar-refractivity contribution in [2.75, 3.05) is 5.32 Å². The van der Waals surface area contributed by atoms with Crippen LogP contribution in [-0.4, -0.2) is 30.5 Å². The molecule has 0 radical (unpaired) electrons. The number of aromatic nitrogens is 5. The summed E-state index contributed by atoms with van der Waals surface area (Å²) in [7, 11) is 0. The Hall–Kier alpha value is -3.04. The molecule has 0 spiro atoms. The number of hydrogen-bond acceptors (Lipinski definition) is 5. The summed E-state index contributed by atoms with van der Waals surface area (Å²) in [5.41, 5.74) is 1.88. The lowest BCUT2D eigenvalue weighted by molar-refractivity contribution is -0.144. The lowest BCUT2D eigenvalue weighted by Crippen LogP contribution is -2.17.